The third kappa shape index (κ3) is 1.91. The van der Waals surface area contributed by atoms with Crippen LogP contribution in [0.15, 0.2) is 24.3 Å². The second-order valence-corrected chi connectivity index (χ2v) is 4.96. The molecule has 6 heteroatoms. The molecular weight excluding hydrogens is 238 g/mol. The minimum absolute atomic E-state index is 0.236. The number of carbonyl (C=O) groups excluding carboxylic acids is 2. The van der Waals surface area contributed by atoms with E-state index in [2.05, 4.69) is 15.3 Å². The molecule has 86 valence electrons. The molecule has 1 aliphatic heterocycles. The van der Waals surface area contributed by atoms with Crippen LogP contribution in [0.4, 0.5) is 4.79 Å². The van der Waals surface area contributed by atoms with Gasteiger partial charge in [-0.2, -0.15) is 0 Å². The lowest BCUT2D eigenvalue weighted by Gasteiger charge is -2.00. The molecule has 1 atom stereocenters. The van der Waals surface area contributed by atoms with Gasteiger partial charge in [0.1, 0.15) is 11.1 Å². The molecule has 1 aromatic carbocycles. The summed E-state index contributed by atoms with van der Waals surface area (Å²) in [6.07, 6.45) is 0.441. The lowest BCUT2D eigenvalue weighted by molar-refractivity contribution is -0.118. The summed E-state index contributed by atoms with van der Waals surface area (Å²) in [6.45, 7) is 0. The van der Waals surface area contributed by atoms with Crippen LogP contribution >= 0.6 is 11.8 Å². The minimum atomic E-state index is -0.372. The first kappa shape index (κ1) is 10.3. The minimum Gasteiger partial charge on any atom is -0.342 e. The van der Waals surface area contributed by atoms with Gasteiger partial charge in [0.05, 0.1) is 11.0 Å². The summed E-state index contributed by atoms with van der Waals surface area (Å²) >= 11 is 1.02. The van der Waals surface area contributed by atoms with Crippen LogP contribution in [-0.4, -0.2) is 26.4 Å². The first-order valence-corrected chi connectivity index (χ1v) is 6.05. The number of H-pyrrole nitrogens is 1. The number of aromatic nitrogens is 2. The second kappa shape index (κ2) is 3.89. The maximum atomic E-state index is 11.4. The number of benzene rings is 1. The molecule has 1 aliphatic rings. The number of amides is 2. The highest BCUT2D eigenvalue weighted by Crippen LogP contribution is 2.22. The standard InChI is InChI=1S/C11H9N3O2S/c15-10-8(17-11(16)14-10)5-9-12-6-3-1-2-4-7(6)13-9/h1-4,8H,5H2,(H,12,13)(H,14,15,16). The molecule has 17 heavy (non-hydrogen) atoms. The van der Waals surface area contributed by atoms with Crippen LogP contribution in [0.3, 0.4) is 0 Å². The van der Waals surface area contributed by atoms with Crippen molar-refractivity contribution in [1.29, 1.82) is 0 Å². The van der Waals surface area contributed by atoms with Gasteiger partial charge in [-0.15, -0.1) is 0 Å². The number of nitrogens with zero attached hydrogens (tertiary/aromatic N) is 1. The fourth-order valence-electron chi connectivity index (χ4n) is 1.81. The van der Waals surface area contributed by atoms with Crippen LogP contribution in [0.2, 0.25) is 0 Å². The van der Waals surface area contributed by atoms with Gasteiger partial charge in [0.15, 0.2) is 0 Å². The molecule has 2 aromatic rings. The predicted octanol–water partition coefficient (Wildman–Crippen LogP) is 1.46. The zero-order valence-corrected chi connectivity index (χ0v) is 9.58. The number of para-hydroxylation sites is 2. The van der Waals surface area contributed by atoms with Crippen molar-refractivity contribution in [3.05, 3.63) is 30.1 Å². The first-order valence-electron chi connectivity index (χ1n) is 5.17. The van der Waals surface area contributed by atoms with Crippen molar-refractivity contribution in [3.63, 3.8) is 0 Å². The Morgan fingerprint density at radius 1 is 1.29 bits per heavy atom. The summed E-state index contributed by atoms with van der Waals surface area (Å²) in [6, 6.07) is 7.67. The zero-order valence-electron chi connectivity index (χ0n) is 8.77. The van der Waals surface area contributed by atoms with E-state index in [1.165, 1.54) is 0 Å². The van der Waals surface area contributed by atoms with Crippen LogP contribution in [0.25, 0.3) is 11.0 Å². The van der Waals surface area contributed by atoms with Gasteiger partial charge in [-0.05, 0) is 12.1 Å². The molecule has 1 fully saturated rings. The average molecular weight is 247 g/mol. The third-order valence-electron chi connectivity index (χ3n) is 2.58. The van der Waals surface area contributed by atoms with Crippen molar-refractivity contribution < 1.29 is 9.59 Å². The normalized spacial score (nSPS) is 19.9. The van der Waals surface area contributed by atoms with E-state index in [-0.39, 0.29) is 16.4 Å². The van der Waals surface area contributed by atoms with Crippen LogP contribution in [-0.2, 0) is 11.2 Å². The SMILES string of the molecule is O=C1NC(=O)C(Cc2nc3ccccc3[nH]2)S1. The van der Waals surface area contributed by atoms with Crippen LogP contribution in [0, 0.1) is 0 Å². The molecular formula is C11H9N3O2S. The Kier molecular flexibility index (Phi) is 2.36. The van der Waals surface area contributed by atoms with Crippen molar-refractivity contribution in [2.75, 3.05) is 0 Å². The number of rotatable bonds is 2. The molecule has 1 aromatic heterocycles. The molecule has 2 amide bonds. The fraction of sp³-hybridized carbons (Fsp3) is 0.182. The lowest BCUT2D eigenvalue weighted by Crippen LogP contribution is -2.25. The van der Waals surface area contributed by atoms with Gasteiger partial charge in [0, 0.05) is 6.42 Å². The molecule has 2 heterocycles. The van der Waals surface area contributed by atoms with Gasteiger partial charge in [-0.25, -0.2) is 4.98 Å². The Bertz CT molecular complexity index is 575. The molecule has 0 saturated carbocycles. The molecule has 1 unspecified atom stereocenters. The van der Waals surface area contributed by atoms with E-state index >= 15 is 0 Å². The number of carbonyl (C=O) groups is 2. The van der Waals surface area contributed by atoms with Crippen LogP contribution in [0.1, 0.15) is 5.82 Å². The Labute approximate surface area is 101 Å². The number of imidazole rings is 1. The molecule has 3 rings (SSSR count). The second-order valence-electron chi connectivity index (χ2n) is 3.79. The lowest BCUT2D eigenvalue weighted by atomic mass is 10.3. The number of hydrogen-bond donors (Lipinski definition) is 2. The molecule has 0 spiro atoms. The predicted molar refractivity (Wildman–Crippen MR) is 64.7 cm³/mol. The number of nitrogens with one attached hydrogen (secondary N) is 2. The van der Waals surface area contributed by atoms with Crippen molar-refractivity contribution in [2.45, 2.75) is 11.7 Å². The topological polar surface area (TPSA) is 74.8 Å². The zero-order chi connectivity index (χ0) is 11.8. The summed E-state index contributed by atoms with van der Waals surface area (Å²) in [7, 11) is 0. The Morgan fingerprint density at radius 3 is 2.82 bits per heavy atom. The largest absolute Gasteiger partial charge is 0.342 e. The summed E-state index contributed by atoms with van der Waals surface area (Å²) in [4.78, 5) is 30.0. The smallest absolute Gasteiger partial charge is 0.286 e. The summed E-state index contributed by atoms with van der Waals surface area (Å²) < 4.78 is 0. The Morgan fingerprint density at radius 2 is 2.12 bits per heavy atom. The molecule has 1 saturated heterocycles. The average Bonchev–Trinajstić information content (AvgIpc) is 2.82. The van der Waals surface area contributed by atoms with Gasteiger partial charge < -0.3 is 4.98 Å². The monoisotopic (exact) mass is 247 g/mol. The Balaban J connectivity index is 1.85. The molecule has 0 aliphatic carbocycles. The number of thioether (sulfide) groups is 1. The highest BCUT2D eigenvalue weighted by atomic mass is 32.2. The van der Waals surface area contributed by atoms with Gasteiger partial charge in [-0.1, -0.05) is 23.9 Å². The summed E-state index contributed by atoms with van der Waals surface area (Å²) in [5.41, 5.74) is 1.81. The highest BCUT2D eigenvalue weighted by molar-refractivity contribution is 8.15. The van der Waals surface area contributed by atoms with Gasteiger partial charge in [0.2, 0.25) is 5.91 Å². The summed E-state index contributed by atoms with van der Waals surface area (Å²) in [5, 5.41) is 1.61. The van der Waals surface area contributed by atoms with Gasteiger partial charge >= 0.3 is 0 Å². The van der Waals surface area contributed by atoms with Crippen molar-refractivity contribution in [3.8, 4) is 0 Å². The fourth-order valence-corrected chi connectivity index (χ4v) is 2.63. The van der Waals surface area contributed by atoms with E-state index in [1.54, 1.807) is 0 Å². The number of fused-ring (bicyclic) bond motifs is 1. The van der Waals surface area contributed by atoms with Crippen molar-refractivity contribution >= 4 is 33.9 Å². The number of hydrogen-bond acceptors (Lipinski definition) is 4. The molecule has 5 nitrogen and oxygen atoms in total. The van der Waals surface area contributed by atoms with Crippen LogP contribution < -0.4 is 5.32 Å². The van der Waals surface area contributed by atoms with Crippen molar-refractivity contribution in [2.24, 2.45) is 0 Å². The van der Waals surface area contributed by atoms with Crippen molar-refractivity contribution in [1.82, 2.24) is 15.3 Å². The van der Waals surface area contributed by atoms with E-state index in [9.17, 15) is 9.59 Å². The first-order chi connectivity index (χ1) is 8.22. The quantitative estimate of drug-likeness (QED) is 0.842. The highest BCUT2D eigenvalue weighted by Gasteiger charge is 2.32. The van der Waals surface area contributed by atoms with Gasteiger partial charge in [0.25, 0.3) is 5.24 Å². The van der Waals surface area contributed by atoms with Gasteiger partial charge in [-0.3, -0.25) is 14.9 Å². The van der Waals surface area contributed by atoms with Crippen LogP contribution in [0.5, 0.6) is 0 Å². The van der Waals surface area contributed by atoms with E-state index in [1.807, 2.05) is 24.3 Å². The maximum absolute atomic E-state index is 11.4. The Hall–Kier alpha value is -1.82. The molecule has 2 N–H and O–H groups in total. The molecule has 0 bridgehead atoms. The molecule has 0 radical (unpaired) electrons. The summed E-state index contributed by atoms with van der Waals surface area (Å²) in [5.74, 6) is 0.494. The number of imide groups is 1. The van der Waals surface area contributed by atoms with E-state index in [4.69, 9.17) is 0 Å². The van der Waals surface area contributed by atoms with E-state index < -0.39 is 0 Å². The van der Waals surface area contributed by atoms with E-state index in [0.717, 1.165) is 28.6 Å². The number of aromatic amines is 1. The maximum Gasteiger partial charge on any atom is 0.286 e. The van der Waals surface area contributed by atoms with E-state index in [0.29, 0.717) is 6.42 Å². The third-order valence-corrected chi connectivity index (χ3v) is 3.57.